The summed E-state index contributed by atoms with van der Waals surface area (Å²) in [5.41, 5.74) is 0.329. The summed E-state index contributed by atoms with van der Waals surface area (Å²) in [6, 6.07) is 9.55. The molecule has 0 radical (unpaired) electrons. The molecule has 0 aromatic heterocycles. The number of esters is 1. The fraction of sp³-hybridized carbons (Fsp3) is 0.423. The molecular formula is C26H28F4N4O5. The molecule has 210 valence electrons. The van der Waals surface area contributed by atoms with Crippen LogP contribution in [0.5, 0.6) is 5.75 Å². The van der Waals surface area contributed by atoms with Crippen LogP contribution in [0.2, 0.25) is 0 Å². The van der Waals surface area contributed by atoms with Crippen LogP contribution in [-0.2, 0) is 11.3 Å². The van der Waals surface area contributed by atoms with Crippen LogP contribution < -0.4 is 15.4 Å². The number of alkyl halides is 3. The van der Waals surface area contributed by atoms with Crippen LogP contribution in [0.3, 0.4) is 0 Å². The lowest BCUT2D eigenvalue weighted by molar-refractivity contribution is -0.274. The Morgan fingerprint density at radius 1 is 1.05 bits per heavy atom. The van der Waals surface area contributed by atoms with Crippen LogP contribution in [-0.4, -0.2) is 72.5 Å². The van der Waals surface area contributed by atoms with Gasteiger partial charge in [-0.1, -0.05) is 24.3 Å². The number of benzene rings is 2. The van der Waals surface area contributed by atoms with E-state index < -0.39 is 42.1 Å². The zero-order chi connectivity index (χ0) is 28.2. The Balaban J connectivity index is 1.45. The Labute approximate surface area is 222 Å². The van der Waals surface area contributed by atoms with Crippen molar-refractivity contribution in [1.29, 1.82) is 0 Å². The highest BCUT2D eigenvalue weighted by Crippen LogP contribution is 2.32. The minimum absolute atomic E-state index is 0.0288. The quantitative estimate of drug-likeness (QED) is 0.399. The van der Waals surface area contributed by atoms with Gasteiger partial charge in [0.25, 0.3) is 0 Å². The minimum Gasteiger partial charge on any atom is -0.457 e. The van der Waals surface area contributed by atoms with Gasteiger partial charge in [-0.05, 0) is 31.0 Å². The molecule has 0 bridgehead atoms. The standard InChI is InChI=1S/C26H28F4N4O5/c1-31-24(36)33-14-19(11-21(15-33)38-23(35)16-5-3-2-4-6-16)34(18-8-9-18)25(37)32-13-17-7-10-20(12-22(17)27)39-26(28,29)30/h2-7,10,12,18-19,21H,8-9,11,13-15H2,1H3,(H,31,36)(H,32,37)/t19-,21+/m1/s1. The van der Waals surface area contributed by atoms with Crippen LogP contribution in [0, 0.1) is 5.82 Å². The molecule has 4 rings (SSSR count). The van der Waals surface area contributed by atoms with E-state index in [0.717, 1.165) is 25.0 Å². The van der Waals surface area contributed by atoms with Crippen LogP contribution in [0.4, 0.5) is 27.2 Å². The third kappa shape index (κ3) is 7.52. The Kier molecular flexibility index (Phi) is 8.46. The Hall–Kier alpha value is -4.03. The molecule has 2 N–H and O–H groups in total. The number of urea groups is 2. The van der Waals surface area contributed by atoms with Crippen molar-refractivity contribution in [3.63, 3.8) is 0 Å². The molecule has 9 nitrogen and oxygen atoms in total. The van der Waals surface area contributed by atoms with Crippen molar-refractivity contribution in [2.24, 2.45) is 0 Å². The van der Waals surface area contributed by atoms with E-state index in [0.29, 0.717) is 11.6 Å². The number of likely N-dealkylation sites (tertiary alicyclic amines) is 1. The van der Waals surface area contributed by atoms with Gasteiger partial charge < -0.3 is 29.9 Å². The zero-order valence-electron chi connectivity index (χ0n) is 21.0. The van der Waals surface area contributed by atoms with Gasteiger partial charge in [0.2, 0.25) is 0 Å². The molecule has 13 heteroatoms. The molecule has 2 aromatic carbocycles. The van der Waals surface area contributed by atoms with Crippen LogP contribution >= 0.6 is 0 Å². The number of rotatable bonds is 7. The van der Waals surface area contributed by atoms with E-state index in [1.54, 1.807) is 35.2 Å². The summed E-state index contributed by atoms with van der Waals surface area (Å²) in [5, 5.41) is 5.17. The van der Waals surface area contributed by atoms with Crippen molar-refractivity contribution >= 4 is 18.0 Å². The minimum atomic E-state index is -4.96. The average Bonchev–Trinajstić information content (AvgIpc) is 3.72. The molecule has 2 atom stereocenters. The third-order valence-corrected chi connectivity index (χ3v) is 6.43. The summed E-state index contributed by atoms with van der Waals surface area (Å²) in [5.74, 6) is -2.22. The van der Waals surface area contributed by atoms with Gasteiger partial charge in [-0.2, -0.15) is 0 Å². The van der Waals surface area contributed by atoms with Crippen molar-refractivity contribution in [1.82, 2.24) is 20.4 Å². The average molecular weight is 553 g/mol. The highest BCUT2D eigenvalue weighted by molar-refractivity contribution is 5.89. The lowest BCUT2D eigenvalue weighted by Crippen LogP contribution is -2.59. The maximum absolute atomic E-state index is 14.4. The molecular weight excluding hydrogens is 524 g/mol. The van der Waals surface area contributed by atoms with Crippen molar-refractivity contribution in [2.75, 3.05) is 20.1 Å². The van der Waals surface area contributed by atoms with Gasteiger partial charge in [-0.3, -0.25) is 0 Å². The number of piperidine rings is 1. The number of nitrogens with zero attached hydrogens (tertiary/aromatic N) is 2. The summed E-state index contributed by atoms with van der Waals surface area (Å²) in [6.45, 7) is 0.0612. The third-order valence-electron chi connectivity index (χ3n) is 6.43. The number of carbonyl (C=O) groups is 3. The van der Waals surface area contributed by atoms with E-state index in [4.69, 9.17) is 4.74 Å². The van der Waals surface area contributed by atoms with Gasteiger partial charge in [0.05, 0.1) is 18.2 Å². The molecule has 1 saturated carbocycles. The molecule has 2 aliphatic rings. The predicted octanol–water partition coefficient (Wildman–Crippen LogP) is 4.04. The smallest absolute Gasteiger partial charge is 0.457 e. The molecule has 1 heterocycles. The lowest BCUT2D eigenvalue weighted by atomic mass is 10.0. The van der Waals surface area contributed by atoms with Crippen molar-refractivity contribution < 1.29 is 41.4 Å². The highest BCUT2D eigenvalue weighted by atomic mass is 19.4. The number of nitrogens with one attached hydrogen (secondary N) is 2. The molecule has 2 fully saturated rings. The van der Waals surface area contributed by atoms with Gasteiger partial charge in [-0.25, -0.2) is 18.8 Å². The van der Waals surface area contributed by atoms with Gasteiger partial charge >= 0.3 is 24.4 Å². The van der Waals surface area contributed by atoms with E-state index in [-0.39, 0.29) is 43.7 Å². The van der Waals surface area contributed by atoms with Crippen LogP contribution in [0.15, 0.2) is 48.5 Å². The van der Waals surface area contributed by atoms with E-state index in [1.165, 1.54) is 11.9 Å². The number of hydrogen-bond donors (Lipinski definition) is 2. The van der Waals surface area contributed by atoms with E-state index >= 15 is 0 Å². The molecule has 1 aliphatic heterocycles. The Morgan fingerprint density at radius 2 is 1.77 bits per heavy atom. The van der Waals surface area contributed by atoms with Crippen molar-refractivity contribution in [3.05, 3.63) is 65.5 Å². The van der Waals surface area contributed by atoms with Crippen LogP contribution in [0.1, 0.15) is 35.2 Å². The number of amides is 4. The van der Waals surface area contributed by atoms with E-state index in [2.05, 4.69) is 15.4 Å². The predicted molar refractivity (Wildman–Crippen MR) is 130 cm³/mol. The summed E-state index contributed by atoms with van der Waals surface area (Å²) in [4.78, 5) is 41.5. The van der Waals surface area contributed by atoms with Gasteiger partial charge in [-0.15, -0.1) is 13.2 Å². The van der Waals surface area contributed by atoms with E-state index in [9.17, 15) is 31.9 Å². The van der Waals surface area contributed by atoms with Gasteiger partial charge in [0.15, 0.2) is 0 Å². The second-order valence-electron chi connectivity index (χ2n) is 9.34. The van der Waals surface area contributed by atoms with Crippen LogP contribution in [0.25, 0.3) is 0 Å². The molecule has 4 amide bonds. The Bertz CT molecular complexity index is 1190. The maximum atomic E-state index is 14.4. The zero-order valence-corrected chi connectivity index (χ0v) is 21.0. The second kappa shape index (κ2) is 11.8. The largest absolute Gasteiger partial charge is 0.573 e. The number of halogens is 4. The molecule has 1 saturated heterocycles. The Morgan fingerprint density at radius 3 is 2.38 bits per heavy atom. The first-order chi connectivity index (χ1) is 18.5. The first-order valence-electron chi connectivity index (χ1n) is 12.4. The molecule has 2 aromatic rings. The summed E-state index contributed by atoms with van der Waals surface area (Å²) < 4.78 is 61.0. The molecule has 0 spiro atoms. The molecule has 39 heavy (non-hydrogen) atoms. The monoisotopic (exact) mass is 552 g/mol. The summed E-state index contributed by atoms with van der Waals surface area (Å²) in [6.07, 6.45) is -3.88. The fourth-order valence-electron chi connectivity index (χ4n) is 4.54. The van der Waals surface area contributed by atoms with Gasteiger partial charge in [0, 0.05) is 44.2 Å². The first-order valence-corrected chi connectivity index (χ1v) is 12.4. The molecule has 1 aliphatic carbocycles. The first kappa shape index (κ1) is 28.0. The lowest BCUT2D eigenvalue weighted by Gasteiger charge is -2.42. The number of carbonyl (C=O) groups excluding carboxylic acids is 3. The number of ether oxygens (including phenoxy) is 2. The topological polar surface area (TPSA) is 100 Å². The van der Waals surface area contributed by atoms with Crippen molar-refractivity contribution in [3.8, 4) is 5.75 Å². The van der Waals surface area contributed by atoms with E-state index in [1.807, 2.05) is 0 Å². The fourth-order valence-corrected chi connectivity index (χ4v) is 4.54. The van der Waals surface area contributed by atoms with Crippen molar-refractivity contribution in [2.45, 2.75) is 50.4 Å². The highest BCUT2D eigenvalue weighted by Gasteiger charge is 2.43. The summed E-state index contributed by atoms with van der Waals surface area (Å²) >= 11 is 0. The second-order valence-corrected chi connectivity index (χ2v) is 9.34. The molecule has 0 unspecified atom stereocenters. The maximum Gasteiger partial charge on any atom is 0.573 e. The SMILES string of the molecule is CNC(=O)N1C[C@@H](OC(=O)c2ccccc2)C[C@@H](N(C(=O)NCc2ccc(OC(F)(F)F)cc2F)C2CC2)C1. The number of hydrogen-bond acceptors (Lipinski definition) is 5. The van der Waals surface area contributed by atoms with Gasteiger partial charge in [0.1, 0.15) is 17.7 Å². The summed E-state index contributed by atoms with van der Waals surface area (Å²) in [7, 11) is 1.47. The normalized spacial score (nSPS) is 19.2.